The summed E-state index contributed by atoms with van der Waals surface area (Å²) in [5.41, 5.74) is 0.979. The molecule has 1 aliphatic rings. The molecule has 1 amide bonds. The van der Waals surface area contributed by atoms with E-state index in [-0.39, 0.29) is 12.7 Å². The van der Waals surface area contributed by atoms with E-state index in [1.165, 1.54) is 0 Å². The van der Waals surface area contributed by atoms with Crippen LogP contribution in [0, 0.1) is 0 Å². The highest BCUT2D eigenvalue weighted by Gasteiger charge is 2.18. The topological polar surface area (TPSA) is 68.8 Å². The lowest BCUT2D eigenvalue weighted by Gasteiger charge is -2.12. The van der Waals surface area contributed by atoms with Crippen molar-refractivity contribution in [2.45, 2.75) is 19.9 Å². The van der Waals surface area contributed by atoms with E-state index in [9.17, 15) is 4.79 Å². The predicted molar refractivity (Wildman–Crippen MR) is 74.1 cm³/mol. The van der Waals surface area contributed by atoms with Crippen molar-refractivity contribution in [1.82, 2.24) is 10.6 Å². The Morgan fingerprint density at radius 3 is 2.80 bits per heavy atom. The summed E-state index contributed by atoms with van der Waals surface area (Å²) < 4.78 is 16.4. The second-order valence-electron chi connectivity index (χ2n) is 4.40. The van der Waals surface area contributed by atoms with E-state index in [4.69, 9.17) is 14.2 Å². The Morgan fingerprint density at radius 1 is 1.35 bits per heavy atom. The molecule has 0 bridgehead atoms. The lowest BCUT2D eigenvalue weighted by Crippen LogP contribution is -2.24. The normalized spacial score (nSPS) is 12.3. The number of fused-ring (bicyclic) bond motifs is 1. The third kappa shape index (κ3) is 3.54. The third-order valence-corrected chi connectivity index (χ3v) is 2.88. The summed E-state index contributed by atoms with van der Waals surface area (Å²) in [6, 6.07) is 3.72. The van der Waals surface area contributed by atoms with Crippen LogP contribution in [0.5, 0.6) is 17.2 Å². The van der Waals surface area contributed by atoms with Crippen LogP contribution in [0.2, 0.25) is 0 Å². The van der Waals surface area contributed by atoms with Crippen LogP contribution < -0.4 is 24.8 Å². The zero-order chi connectivity index (χ0) is 14.4. The summed E-state index contributed by atoms with van der Waals surface area (Å²) in [5, 5.41) is 5.82. The van der Waals surface area contributed by atoms with Crippen molar-refractivity contribution < 1.29 is 19.0 Å². The Morgan fingerprint density at radius 2 is 2.10 bits per heavy atom. The number of rotatable bonds is 7. The highest BCUT2D eigenvalue weighted by atomic mass is 16.7. The molecule has 6 heteroatoms. The molecule has 1 heterocycles. The number of ether oxygens (including phenoxy) is 3. The van der Waals surface area contributed by atoms with Crippen LogP contribution in [0.15, 0.2) is 12.1 Å². The van der Waals surface area contributed by atoms with Crippen molar-refractivity contribution in [3.63, 3.8) is 0 Å². The molecule has 2 rings (SSSR count). The Balaban J connectivity index is 2.00. The van der Waals surface area contributed by atoms with Crippen molar-refractivity contribution in [3.05, 3.63) is 17.7 Å². The summed E-state index contributed by atoms with van der Waals surface area (Å²) in [7, 11) is 1.86. The van der Waals surface area contributed by atoms with E-state index in [1.807, 2.05) is 26.1 Å². The van der Waals surface area contributed by atoms with E-state index in [2.05, 4.69) is 10.6 Å². The van der Waals surface area contributed by atoms with E-state index in [0.29, 0.717) is 37.6 Å². The van der Waals surface area contributed by atoms with Crippen molar-refractivity contribution in [3.8, 4) is 17.2 Å². The van der Waals surface area contributed by atoms with Gasteiger partial charge in [-0.1, -0.05) is 0 Å². The molecule has 0 saturated heterocycles. The lowest BCUT2D eigenvalue weighted by molar-refractivity contribution is -0.121. The van der Waals surface area contributed by atoms with E-state index < -0.39 is 0 Å². The van der Waals surface area contributed by atoms with E-state index in [0.717, 1.165) is 11.3 Å². The van der Waals surface area contributed by atoms with Crippen LogP contribution >= 0.6 is 0 Å². The number of hydrogen-bond donors (Lipinski definition) is 2. The largest absolute Gasteiger partial charge is 0.493 e. The fraction of sp³-hybridized carbons (Fsp3) is 0.500. The first-order chi connectivity index (χ1) is 9.74. The molecular formula is C14H20N2O4. The van der Waals surface area contributed by atoms with Crippen molar-refractivity contribution in [2.75, 3.05) is 27.0 Å². The second kappa shape index (κ2) is 7.00. The third-order valence-electron chi connectivity index (χ3n) is 2.88. The van der Waals surface area contributed by atoms with Gasteiger partial charge in [-0.2, -0.15) is 0 Å². The molecule has 0 unspecified atom stereocenters. The van der Waals surface area contributed by atoms with E-state index >= 15 is 0 Å². The molecule has 2 N–H and O–H groups in total. The fourth-order valence-electron chi connectivity index (χ4n) is 1.97. The number of amides is 1. The molecule has 0 fully saturated rings. The van der Waals surface area contributed by atoms with Gasteiger partial charge in [-0.25, -0.2) is 0 Å². The first-order valence-corrected chi connectivity index (χ1v) is 6.71. The number of carbonyl (C=O) groups excluding carboxylic acids is 1. The zero-order valence-corrected chi connectivity index (χ0v) is 11.8. The molecule has 0 aliphatic carbocycles. The van der Waals surface area contributed by atoms with Gasteiger partial charge in [0, 0.05) is 24.7 Å². The van der Waals surface area contributed by atoms with Gasteiger partial charge in [0.2, 0.25) is 12.7 Å². The molecular weight excluding hydrogens is 260 g/mol. The SMILES string of the molecule is CCNC(=O)CCOc1cc2c(cc1CNC)OCO2. The smallest absolute Gasteiger partial charge is 0.231 e. The van der Waals surface area contributed by atoms with Gasteiger partial charge in [0.05, 0.1) is 13.0 Å². The van der Waals surface area contributed by atoms with Crippen LogP contribution in [-0.4, -0.2) is 32.9 Å². The van der Waals surface area contributed by atoms with Crippen LogP contribution in [0.4, 0.5) is 0 Å². The molecule has 20 heavy (non-hydrogen) atoms. The highest BCUT2D eigenvalue weighted by Crippen LogP contribution is 2.38. The Kier molecular flexibility index (Phi) is 5.06. The number of nitrogens with one attached hydrogen (secondary N) is 2. The lowest BCUT2D eigenvalue weighted by atomic mass is 10.1. The monoisotopic (exact) mass is 280 g/mol. The number of carbonyl (C=O) groups is 1. The Labute approximate surface area is 118 Å². The molecule has 0 saturated carbocycles. The standard InChI is InChI=1S/C14H20N2O4/c1-3-16-14(17)4-5-18-11-7-13-12(19-9-20-13)6-10(11)8-15-2/h6-7,15H,3-5,8-9H2,1-2H3,(H,16,17). The molecule has 0 radical (unpaired) electrons. The van der Waals surface area contributed by atoms with Gasteiger partial charge in [-0.15, -0.1) is 0 Å². The zero-order valence-electron chi connectivity index (χ0n) is 11.8. The van der Waals surface area contributed by atoms with Gasteiger partial charge in [0.1, 0.15) is 5.75 Å². The van der Waals surface area contributed by atoms with Gasteiger partial charge in [-0.05, 0) is 20.0 Å². The van der Waals surface area contributed by atoms with Crippen molar-refractivity contribution in [1.29, 1.82) is 0 Å². The van der Waals surface area contributed by atoms with Crippen LogP contribution in [-0.2, 0) is 11.3 Å². The van der Waals surface area contributed by atoms with Crippen molar-refractivity contribution >= 4 is 5.91 Å². The molecule has 110 valence electrons. The van der Waals surface area contributed by atoms with Gasteiger partial charge in [0.15, 0.2) is 11.5 Å². The second-order valence-corrected chi connectivity index (χ2v) is 4.40. The molecule has 1 aliphatic heterocycles. The Hall–Kier alpha value is -1.95. The minimum Gasteiger partial charge on any atom is -0.493 e. The molecule has 6 nitrogen and oxygen atoms in total. The van der Waals surface area contributed by atoms with Gasteiger partial charge >= 0.3 is 0 Å². The summed E-state index contributed by atoms with van der Waals surface area (Å²) in [6.45, 7) is 3.75. The minimum absolute atomic E-state index is 0.0107. The highest BCUT2D eigenvalue weighted by molar-refractivity contribution is 5.75. The first kappa shape index (κ1) is 14.5. The van der Waals surface area contributed by atoms with E-state index in [1.54, 1.807) is 0 Å². The fourth-order valence-corrected chi connectivity index (χ4v) is 1.97. The minimum atomic E-state index is -0.0107. The first-order valence-electron chi connectivity index (χ1n) is 6.71. The quantitative estimate of drug-likeness (QED) is 0.781. The average Bonchev–Trinajstić information content (AvgIpc) is 2.86. The van der Waals surface area contributed by atoms with Crippen LogP contribution in [0.25, 0.3) is 0 Å². The van der Waals surface area contributed by atoms with Crippen LogP contribution in [0.1, 0.15) is 18.9 Å². The maximum Gasteiger partial charge on any atom is 0.231 e. The van der Waals surface area contributed by atoms with Gasteiger partial charge in [-0.3, -0.25) is 4.79 Å². The summed E-state index contributed by atoms with van der Waals surface area (Å²) in [4.78, 5) is 11.4. The molecule has 0 aromatic heterocycles. The summed E-state index contributed by atoms with van der Waals surface area (Å²) in [6.07, 6.45) is 0.335. The summed E-state index contributed by atoms with van der Waals surface area (Å²) >= 11 is 0. The van der Waals surface area contributed by atoms with Gasteiger partial charge in [0.25, 0.3) is 0 Å². The molecule has 1 aromatic carbocycles. The average molecular weight is 280 g/mol. The molecule has 0 spiro atoms. The summed E-state index contributed by atoms with van der Waals surface area (Å²) in [5.74, 6) is 2.11. The number of hydrogen-bond acceptors (Lipinski definition) is 5. The predicted octanol–water partition coefficient (Wildman–Crippen LogP) is 1.04. The maximum atomic E-state index is 11.4. The van der Waals surface area contributed by atoms with Gasteiger partial charge < -0.3 is 24.8 Å². The number of benzene rings is 1. The molecule has 1 aromatic rings. The Bertz CT molecular complexity index is 476. The maximum absolute atomic E-state index is 11.4. The van der Waals surface area contributed by atoms with Crippen LogP contribution in [0.3, 0.4) is 0 Å². The molecule has 0 atom stereocenters. The van der Waals surface area contributed by atoms with Crippen molar-refractivity contribution in [2.24, 2.45) is 0 Å².